The number of nitrogens with zero attached hydrogens (tertiary/aromatic N) is 1. The molecule has 15 heavy (non-hydrogen) atoms. The monoisotopic (exact) mass is 200 g/mol. The minimum absolute atomic E-state index is 0.329. The molecule has 0 amide bonds. The van der Waals surface area contributed by atoms with Gasteiger partial charge in [0.05, 0.1) is 6.07 Å². The maximum absolute atomic E-state index is 9.40. The van der Waals surface area contributed by atoms with Crippen molar-refractivity contribution in [2.45, 2.75) is 38.3 Å². The van der Waals surface area contributed by atoms with Crippen LogP contribution in [0, 0.1) is 11.3 Å². The van der Waals surface area contributed by atoms with Crippen LogP contribution in [0.1, 0.15) is 31.4 Å². The Morgan fingerprint density at radius 3 is 2.80 bits per heavy atom. The molecule has 0 radical (unpaired) electrons. The van der Waals surface area contributed by atoms with Crippen LogP contribution in [0.5, 0.6) is 0 Å². The molecule has 1 unspecified atom stereocenters. The van der Waals surface area contributed by atoms with Crippen molar-refractivity contribution in [3.63, 3.8) is 0 Å². The Balaban J connectivity index is 2.42. The van der Waals surface area contributed by atoms with Crippen molar-refractivity contribution in [2.24, 2.45) is 0 Å². The van der Waals surface area contributed by atoms with Crippen LogP contribution < -0.4 is 5.32 Å². The van der Waals surface area contributed by atoms with Crippen LogP contribution in [-0.4, -0.2) is 6.04 Å². The summed E-state index contributed by atoms with van der Waals surface area (Å²) in [5, 5.41) is 12.8. The third-order valence-corrected chi connectivity index (χ3v) is 2.97. The van der Waals surface area contributed by atoms with E-state index < -0.39 is 5.54 Å². The van der Waals surface area contributed by atoms with Crippen molar-refractivity contribution >= 4 is 0 Å². The lowest BCUT2D eigenvalue weighted by atomic mass is 9.92. The molecule has 0 bridgehead atoms. The predicted molar refractivity (Wildman–Crippen MR) is 60.3 cm³/mol. The number of fused-ring (bicyclic) bond motifs is 1. The fraction of sp³-hybridized carbons (Fsp3) is 0.462. The van der Waals surface area contributed by atoms with Gasteiger partial charge in [-0.05, 0) is 37.8 Å². The topological polar surface area (TPSA) is 35.8 Å². The minimum Gasteiger partial charge on any atom is -0.293 e. The molecule has 0 aromatic heterocycles. The number of hydrogen-bond acceptors (Lipinski definition) is 2. The lowest BCUT2D eigenvalue weighted by Gasteiger charge is -2.26. The molecule has 1 atom stereocenters. The largest absolute Gasteiger partial charge is 0.293 e. The SMILES string of the molecule is CC(C)NC1(C#N)CCc2ccccc21. The Kier molecular flexibility index (Phi) is 2.50. The molecular formula is C13H16N2. The first kappa shape index (κ1) is 10.2. The first-order valence-corrected chi connectivity index (χ1v) is 5.45. The summed E-state index contributed by atoms with van der Waals surface area (Å²) in [7, 11) is 0. The number of aryl methyl sites for hydroxylation is 1. The van der Waals surface area contributed by atoms with Crippen LogP contribution >= 0.6 is 0 Å². The van der Waals surface area contributed by atoms with Crippen molar-refractivity contribution in [2.75, 3.05) is 0 Å². The second-order valence-electron chi connectivity index (χ2n) is 4.47. The molecule has 1 aliphatic carbocycles. The van der Waals surface area contributed by atoms with Crippen LogP contribution in [-0.2, 0) is 12.0 Å². The summed E-state index contributed by atoms with van der Waals surface area (Å²) in [6.45, 7) is 4.17. The van der Waals surface area contributed by atoms with Crippen LogP contribution in [0.25, 0.3) is 0 Å². The molecule has 0 aliphatic heterocycles. The van der Waals surface area contributed by atoms with Gasteiger partial charge in [-0.3, -0.25) is 5.32 Å². The van der Waals surface area contributed by atoms with Gasteiger partial charge in [0.1, 0.15) is 5.54 Å². The molecule has 2 nitrogen and oxygen atoms in total. The van der Waals surface area contributed by atoms with Gasteiger partial charge >= 0.3 is 0 Å². The molecule has 0 spiro atoms. The van der Waals surface area contributed by atoms with Gasteiger partial charge in [0.2, 0.25) is 0 Å². The third kappa shape index (κ3) is 1.64. The van der Waals surface area contributed by atoms with Crippen molar-refractivity contribution in [3.05, 3.63) is 35.4 Å². The number of benzene rings is 1. The Hall–Kier alpha value is -1.33. The lowest BCUT2D eigenvalue weighted by Crippen LogP contribution is -2.43. The zero-order valence-electron chi connectivity index (χ0n) is 9.25. The van der Waals surface area contributed by atoms with Gasteiger partial charge in [-0.2, -0.15) is 5.26 Å². The Morgan fingerprint density at radius 1 is 1.40 bits per heavy atom. The van der Waals surface area contributed by atoms with E-state index in [2.05, 4.69) is 37.4 Å². The fourth-order valence-electron chi connectivity index (χ4n) is 2.40. The van der Waals surface area contributed by atoms with Crippen LogP contribution in [0.15, 0.2) is 24.3 Å². The quantitative estimate of drug-likeness (QED) is 0.795. The Bertz CT molecular complexity index is 403. The number of rotatable bonds is 2. The summed E-state index contributed by atoms with van der Waals surface area (Å²) in [6, 6.07) is 11.0. The van der Waals surface area contributed by atoms with E-state index in [9.17, 15) is 5.26 Å². The van der Waals surface area contributed by atoms with Crippen molar-refractivity contribution in [1.82, 2.24) is 5.32 Å². The summed E-state index contributed by atoms with van der Waals surface area (Å²) < 4.78 is 0. The highest BCUT2D eigenvalue weighted by Gasteiger charge is 2.38. The van der Waals surface area contributed by atoms with E-state index in [1.54, 1.807) is 0 Å². The number of nitriles is 1. The first-order chi connectivity index (χ1) is 7.18. The van der Waals surface area contributed by atoms with Crippen LogP contribution in [0.4, 0.5) is 0 Å². The summed E-state index contributed by atoms with van der Waals surface area (Å²) in [6.07, 6.45) is 1.89. The second kappa shape index (κ2) is 3.67. The van der Waals surface area contributed by atoms with E-state index in [-0.39, 0.29) is 0 Å². The molecule has 1 aromatic carbocycles. The standard InChI is InChI=1S/C13H16N2/c1-10(2)15-13(9-14)8-7-11-5-3-4-6-12(11)13/h3-6,10,15H,7-8H2,1-2H3. The second-order valence-corrected chi connectivity index (χ2v) is 4.47. The highest BCUT2D eigenvalue weighted by Crippen LogP contribution is 2.36. The van der Waals surface area contributed by atoms with E-state index in [1.807, 2.05) is 12.1 Å². The van der Waals surface area contributed by atoms with Crippen LogP contribution in [0.3, 0.4) is 0 Å². The molecule has 1 aromatic rings. The zero-order valence-corrected chi connectivity index (χ0v) is 9.25. The molecule has 0 saturated carbocycles. The molecule has 78 valence electrons. The van der Waals surface area contributed by atoms with Crippen molar-refractivity contribution < 1.29 is 0 Å². The maximum atomic E-state index is 9.40. The normalized spacial score (nSPS) is 23.9. The van der Waals surface area contributed by atoms with Crippen LogP contribution in [0.2, 0.25) is 0 Å². The van der Waals surface area contributed by atoms with Gasteiger partial charge in [0.25, 0.3) is 0 Å². The maximum Gasteiger partial charge on any atom is 0.133 e. The van der Waals surface area contributed by atoms with E-state index in [4.69, 9.17) is 0 Å². The highest BCUT2D eigenvalue weighted by molar-refractivity contribution is 5.43. The lowest BCUT2D eigenvalue weighted by molar-refractivity contribution is 0.385. The minimum atomic E-state index is -0.454. The number of nitrogens with one attached hydrogen (secondary N) is 1. The predicted octanol–water partition coefficient (Wildman–Crippen LogP) is 2.35. The highest BCUT2D eigenvalue weighted by atomic mass is 15.0. The molecule has 1 aliphatic rings. The average Bonchev–Trinajstić information content (AvgIpc) is 2.58. The van der Waals surface area contributed by atoms with Gasteiger partial charge in [-0.1, -0.05) is 24.3 Å². The molecule has 1 N–H and O–H groups in total. The molecular weight excluding hydrogens is 184 g/mol. The molecule has 2 heteroatoms. The van der Waals surface area contributed by atoms with Gasteiger partial charge in [-0.15, -0.1) is 0 Å². The van der Waals surface area contributed by atoms with Gasteiger partial charge < -0.3 is 0 Å². The summed E-state index contributed by atoms with van der Waals surface area (Å²) in [4.78, 5) is 0. The summed E-state index contributed by atoms with van der Waals surface area (Å²) in [5.74, 6) is 0. The zero-order chi connectivity index (χ0) is 10.9. The van der Waals surface area contributed by atoms with Crippen molar-refractivity contribution in [1.29, 1.82) is 5.26 Å². The first-order valence-electron chi connectivity index (χ1n) is 5.45. The van der Waals surface area contributed by atoms with E-state index in [0.717, 1.165) is 12.8 Å². The van der Waals surface area contributed by atoms with Gasteiger partial charge in [-0.25, -0.2) is 0 Å². The number of hydrogen-bond donors (Lipinski definition) is 1. The van der Waals surface area contributed by atoms with E-state index in [0.29, 0.717) is 6.04 Å². The van der Waals surface area contributed by atoms with Gasteiger partial charge in [0.15, 0.2) is 0 Å². The third-order valence-electron chi connectivity index (χ3n) is 2.97. The molecule has 0 fully saturated rings. The van der Waals surface area contributed by atoms with Gasteiger partial charge in [0, 0.05) is 6.04 Å². The molecule has 2 rings (SSSR count). The average molecular weight is 200 g/mol. The fourth-order valence-corrected chi connectivity index (χ4v) is 2.40. The van der Waals surface area contributed by atoms with Crippen molar-refractivity contribution in [3.8, 4) is 6.07 Å². The summed E-state index contributed by atoms with van der Waals surface area (Å²) in [5.41, 5.74) is 2.03. The van der Waals surface area contributed by atoms with E-state index in [1.165, 1.54) is 11.1 Å². The smallest absolute Gasteiger partial charge is 0.133 e. The Morgan fingerprint density at radius 2 is 2.13 bits per heavy atom. The van der Waals surface area contributed by atoms with E-state index >= 15 is 0 Å². The summed E-state index contributed by atoms with van der Waals surface area (Å²) >= 11 is 0. The molecule has 0 saturated heterocycles. The Labute approximate surface area is 90.9 Å². The molecule has 0 heterocycles.